The normalized spacial score (nSPS) is 11.3. The molecule has 22 heavy (non-hydrogen) atoms. The monoisotopic (exact) mass is 341 g/mol. The van der Waals surface area contributed by atoms with E-state index in [4.69, 9.17) is 11.6 Å². The van der Waals surface area contributed by atoms with E-state index < -0.39 is 26.6 Å². The maximum absolute atomic E-state index is 13.7. The smallest absolute Gasteiger partial charge is 0.267 e. The largest absolute Gasteiger partial charge is 0.268 e. The molecule has 0 fully saturated rings. The van der Waals surface area contributed by atoms with E-state index in [9.17, 15) is 17.6 Å². The Morgan fingerprint density at radius 2 is 1.77 bits per heavy atom. The molecule has 1 amide bonds. The van der Waals surface area contributed by atoms with Crippen LogP contribution in [0.15, 0.2) is 41.3 Å². The van der Waals surface area contributed by atoms with Gasteiger partial charge in [-0.3, -0.25) is 4.79 Å². The second-order valence-corrected chi connectivity index (χ2v) is 6.90. The summed E-state index contributed by atoms with van der Waals surface area (Å²) in [6.07, 6.45) is 0. The first-order valence-electron chi connectivity index (χ1n) is 6.30. The lowest BCUT2D eigenvalue weighted by molar-refractivity contribution is 0.0981. The standard InChI is InChI=1S/C15H13ClFNO3S/c1-9-3-4-11(7-10(9)2)15(19)18-22(20,21)14-6-5-12(16)8-13(14)17/h3-8H,1-2H3,(H,18,19). The number of nitrogens with one attached hydrogen (secondary N) is 1. The Bertz CT molecular complexity index is 850. The van der Waals surface area contributed by atoms with Crippen molar-refractivity contribution in [2.45, 2.75) is 18.7 Å². The Kier molecular flexibility index (Phi) is 4.53. The highest BCUT2D eigenvalue weighted by Gasteiger charge is 2.22. The predicted molar refractivity (Wildman–Crippen MR) is 82.0 cm³/mol. The second-order valence-electron chi connectivity index (χ2n) is 4.81. The molecule has 0 radical (unpaired) electrons. The first-order chi connectivity index (χ1) is 10.2. The van der Waals surface area contributed by atoms with E-state index in [1.807, 2.05) is 11.6 Å². The predicted octanol–water partition coefficient (Wildman–Crippen LogP) is 3.21. The van der Waals surface area contributed by atoms with Crippen molar-refractivity contribution in [1.29, 1.82) is 0 Å². The summed E-state index contributed by atoms with van der Waals surface area (Å²) in [5, 5.41) is 0.0666. The molecule has 0 saturated heterocycles. The molecule has 0 bridgehead atoms. The van der Waals surface area contributed by atoms with Crippen molar-refractivity contribution in [3.05, 3.63) is 63.9 Å². The highest BCUT2D eigenvalue weighted by atomic mass is 35.5. The molecule has 0 saturated carbocycles. The summed E-state index contributed by atoms with van der Waals surface area (Å²) in [5.74, 6) is -1.84. The van der Waals surface area contributed by atoms with Crippen LogP contribution in [0.2, 0.25) is 5.02 Å². The number of hydrogen-bond donors (Lipinski definition) is 1. The maximum atomic E-state index is 13.7. The van der Waals surface area contributed by atoms with Crippen LogP contribution >= 0.6 is 11.6 Å². The van der Waals surface area contributed by atoms with Crippen LogP contribution in [0.1, 0.15) is 21.5 Å². The summed E-state index contributed by atoms with van der Waals surface area (Å²) >= 11 is 5.58. The van der Waals surface area contributed by atoms with Gasteiger partial charge >= 0.3 is 0 Å². The third-order valence-corrected chi connectivity index (χ3v) is 4.78. The molecule has 0 aromatic heterocycles. The van der Waals surface area contributed by atoms with Crippen LogP contribution in [-0.2, 0) is 10.0 Å². The number of sulfonamides is 1. The molecule has 116 valence electrons. The number of benzene rings is 2. The fourth-order valence-corrected chi connectivity index (χ4v) is 3.01. The van der Waals surface area contributed by atoms with Crippen LogP contribution in [0.5, 0.6) is 0 Å². The lowest BCUT2D eigenvalue weighted by Crippen LogP contribution is -2.31. The summed E-state index contributed by atoms with van der Waals surface area (Å²) in [6, 6.07) is 7.90. The number of amides is 1. The molecule has 0 aliphatic heterocycles. The Morgan fingerprint density at radius 1 is 1.09 bits per heavy atom. The minimum absolute atomic E-state index is 0.0666. The van der Waals surface area contributed by atoms with E-state index in [1.54, 1.807) is 19.1 Å². The van der Waals surface area contributed by atoms with Gasteiger partial charge in [0.2, 0.25) is 0 Å². The van der Waals surface area contributed by atoms with Gasteiger partial charge in [-0.2, -0.15) is 0 Å². The van der Waals surface area contributed by atoms with Gasteiger partial charge in [-0.1, -0.05) is 17.7 Å². The average molecular weight is 342 g/mol. The zero-order valence-corrected chi connectivity index (χ0v) is 13.4. The van der Waals surface area contributed by atoms with Crippen LogP contribution in [-0.4, -0.2) is 14.3 Å². The first kappa shape index (κ1) is 16.5. The van der Waals surface area contributed by atoms with E-state index in [1.165, 1.54) is 12.1 Å². The maximum Gasteiger partial charge on any atom is 0.267 e. The third-order valence-electron chi connectivity index (χ3n) is 3.18. The summed E-state index contributed by atoms with van der Waals surface area (Å²) in [5.41, 5.74) is 2.01. The molecule has 0 unspecified atom stereocenters. The van der Waals surface area contributed by atoms with Gasteiger partial charge < -0.3 is 0 Å². The highest BCUT2D eigenvalue weighted by Crippen LogP contribution is 2.19. The Morgan fingerprint density at radius 3 is 2.36 bits per heavy atom. The van der Waals surface area contributed by atoms with E-state index in [2.05, 4.69) is 0 Å². The van der Waals surface area contributed by atoms with Crippen molar-refractivity contribution >= 4 is 27.5 Å². The first-order valence-corrected chi connectivity index (χ1v) is 8.16. The Labute approximate surface area is 133 Å². The van der Waals surface area contributed by atoms with Crippen LogP contribution in [0, 0.1) is 19.7 Å². The van der Waals surface area contributed by atoms with Gasteiger partial charge in [0.05, 0.1) is 0 Å². The summed E-state index contributed by atoms with van der Waals surface area (Å²) in [4.78, 5) is 11.4. The van der Waals surface area contributed by atoms with Gasteiger partial charge in [0.15, 0.2) is 0 Å². The number of halogens is 2. The minimum Gasteiger partial charge on any atom is -0.268 e. The van der Waals surface area contributed by atoms with Gasteiger partial charge in [0, 0.05) is 10.6 Å². The SMILES string of the molecule is Cc1ccc(C(=O)NS(=O)(=O)c2ccc(Cl)cc2F)cc1C. The summed E-state index contributed by atoms with van der Waals surface area (Å²) in [7, 11) is -4.31. The Balaban J connectivity index is 2.31. The van der Waals surface area contributed by atoms with E-state index >= 15 is 0 Å². The fraction of sp³-hybridized carbons (Fsp3) is 0.133. The molecule has 0 aliphatic carbocycles. The van der Waals surface area contributed by atoms with Crippen molar-refractivity contribution in [3.63, 3.8) is 0 Å². The van der Waals surface area contributed by atoms with E-state index in [0.717, 1.165) is 23.3 Å². The molecule has 1 N–H and O–H groups in total. The molecular formula is C15H13ClFNO3S. The number of carbonyl (C=O) groups excluding carboxylic acids is 1. The summed E-state index contributed by atoms with van der Waals surface area (Å²) < 4.78 is 39.7. The quantitative estimate of drug-likeness (QED) is 0.932. The number of hydrogen-bond acceptors (Lipinski definition) is 3. The van der Waals surface area contributed by atoms with E-state index in [0.29, 0.717) is 0 Å². The topological polar surface area (TPSA) is 63.2 Å². The van der Waals surface area contributed by atoms with Crippen LogP contribution in [0.4, 0.5) is 4.39 Å². The van der Waals surface area contributed by atoms with Crippen molar-refractivity contribution < 1.29 is 17.6 Å². The molecule has 2 aromatic carbocycles. The summed E-state index contributed by atoms with van der Waals surface area (Å²) in [6.45, 7) is 3.68. The molecule has 0 aliphatic rings. The highest BCUT2D eigenvalue weighted by molar-refractivity contribution is 7.90. The Hall–Kier alpha value is -1.92. The zero-order chi connectivity index (χ0) is 16.5. The molecule has 2 aromatic rings. The van der Waals surface area contributed by atoms with Crippen LogP contribution < -0.4 is 4.72 Å². The van der Waals surface area contributed by atoms with Gasteiger partial charge in [-0.05, 0) is 55.3 Å². The van der Waals surface area contributed by atoms with Gasteiger partial charge in [0.1, 0.15) is 10.7 Å². The molecule has 0 atom stereocenters. The van der Waals surface area contributed by atoms with E-state index in [-0.39, 0.29) is 10.6 Å². The number of aryl methyl sites for hydroxylation is 2. The zero-order valence-electron chi connectivity index (χ0n) is 11.9. The van der Waals surface area contributed by atoms with Gasteiger partial charge in [-0.25, -0.2) is 17.5 Å². The molecule has 0 spiro atoms. The third kappa shape index (κ3) is 3.45. The van der Waals surface area contributed by atoms with Crippen molar-refractivity contribution in [1.82, 2.24) is 4.72 Å². The lowest BCUT2D eigenvalue weighted by atomic mass is 10.1. The molecule has 7 heteroatoms. The van der Waals surface area contributed by atoms with Crippen molar-refractivity contribution in [2.24, 2.45) is 0 Å². The van der Waals surface area contributed by atoms with Crippen molar-refractivity contribution in [3.8, 4) is 0 Å². The lowest BCUT2D eigenvalue weighted by Gasteiger charge is -2.09. The van der Waals surface area contributed by atoms with Gasteiger partial charge in [0.25, 0.3) is 15.9 Å². The fourth-order valence-electron chi connectivity index (χ4n) is 1.81. The van der Waals surface area contributed by atoms with Crippen molar-refractivity contribution in [2.75, 3.05) is 0 Å². The minimum atomic E-state index is -4.31. The average Bonchev–Trinajstić information content (AvgIpc) is 2.40. The number of rotatable bonds is 3. The van der Waals surface area contributed by atoms with Crippen LogP contribution in [0.3, 0.4) is 0 Å². The molecule has 0 heterocycles. The van der Waals surface area contributed by atoms with Crippen LogP contribution in [0.25, 0.3) is 0 Å². The number of carbonyl (C=O) groups is 1. The second kappa shape index (κ2) is 6.06. The molecule has 4 nitrogen and oxygen atoms in total. The molecule has 2 rings (SSSR count). The molecular weight excluding hydrogens is 329 g/mol. The van der Waals surface area contributed by atoms with Gasteiger partial charge in [-0.15, -0.1) is 0 Å².